The van der Waals surface area contributed by atoms with E-state index in [4.69, 9.17) is 10.3 Å². The van der Waals surface area contributed by atoms with E-state index in [0.29, 0.717) is 24.5 Å². The maximum atomic E-state index is 11.9. The van der Waals surface area contributed by atoms with Crippen molar-refractivity contribution in [1.29, 1.82) is 0 Å². The minimum atomic E-state index is -0.316. The molecule has 0 aliphatic rings. The summed E-state index contributed by atoms with van der Waals surface area (Å²) in [6.45, 7) is 3.95. The molecule has 2 amide bonds. The number of rotatable bonds is 6. The summed E-state index contributed by atoms with van der Waals surface area (Å²) in [6.07, 6.45) is 0.604. The molecule has 0 aliphatic heterocycles. The maximum absolute atomic E-state index is 11.9. The van der Waals surface area contributed by atoms with E-state index in [1.807, 2.05) is 0 Å². The quantitative estimate of drug-likeness (QED) is 0.776. The van der Waals surface area contributed by atoms with Gasteiger partial charge in [-0.2, -0.15) is 0 Å². The van der Waals surface area contributed by atoms with Crippen molar-refractivity contribution < 1.29 is 14.1 Å². The van der Waals surface area contributed by atoms with Crippen LogP contribution >= 0.6 is 0 Å². The fourth-order valence-electron chi connectivity index (χ4n) is 1.65. The molecule has 0 bridgehead atoms. The van der Waals surface area contributed by atoms with Gasteiger partial charge < -0.3 is 20.5 Å². The van der Waals surface area contributed by atoms with Crippen LogP contribution in [0.15, 0.2) is 10.6 Å². The van der Waals surface area contributed by atoms with Crippen LogP contribution in [0.5, 0.6) is 0 Å². The fourth-order valence-corrected chi connectivity index (χ4v) is 1.65. The second-order valence-corrected chi connectivity index (χ2v) is 4.54. The van der Waals surface area contributed by atoms with E-state index in [9.17, 15) is 9.59 Å². The van der Waals surface area contributed by atoms with Crippen molar-refractivity contribution in [2.24, 2.45) is 11.7 Å². The summed E-state index contributed by atoms with van der Waals surface area (Å²) >= 11 is 0. The van der Waals surface area contributed by atoms with Gasteiger partial charge in [-0.25, -0.2) is 0 Å². The molecule has 7 nitrogen and oxygen atoms in total. The highest BCUT2D eigenvalue weighted by Crippen LogP contribution is 2.08. The van der Waals surface area contributed by atoms with Gasteiger partial charge in [-0.3, -0.25) is 9.59 Å². The Hall–Kier alpha value is -1.89. The van der Waals surface area contributed by atoms with E-state index in [-0.39, 0.29) is 24.3 Å². The first kappa shape index (κ1) is 15.2. The molecule has 0 aromatic carbocycles. The Morgan fingerprint density at radius 3 is 2.79 bits per heavy atom. The van der Waals surface area contributed by atoms with Crippen molar-refractivity contribution in [2.45, 2.75) is 20.3 Å². The van der Waals surface area contributed by atoms with Crippen LogP contribution in [0.3, 0.4) is 0 Å². The SMILES string of the molecule is Cc1cc(NC(=O)CN(C)C(=O)C(C)CCN)no1. The molecule has 0 saturated heterocycles. The molecule has 1 rings (SSSR count). The third-order valence-corrected chi connectivity index (χ3v) is 2.67. The summed E-state index contributed by atoms with van der Waals surface area (Å²) in [5.74, 6) is 0.354. The summed E-state index contributed by atoms with van der Waals surface area (Å²) in [4.78, 5) is 25.0. The standard InChI is InChI=1S/C12H20N4O3/c1-8(4-5-13)12(18)16(3)7-11(17)14-10-6-9(2)19-15-10/h6,8H,4-5,7,13H2,1-3H3,(H,14,15,17). The number of hydrogen-bond donors (Lipinski definition) is 2. The summed E-state index contributed by atoms with van der Waals surface area (Å²) in [6, 6.07) is 1.61. The van der Waals surface area contributed by atoms with Crippen molar-refractivity contribution in [1.82, 2.24) is 10.1 Å². The number of amides is 2. The second-order valence-electron chi connectivity index (χ2n) is 4.54. The van der Waals surface area contributed by atoms with E-state index >= 15 is 0 Å². The zero-order valence-electron chi connectivity index (χ0n) is 11.5. The van der Waals surface area contributed by atoms with Crippen LogP contribution in [0.2, 0.25) is 0 Å². The van der Waals surface area contributed by atoms with Crippen molar-refractivity contribution >= 4 is 17.6 Å². The molecule has 1 atom stereocenters. The third kappa shape index (κ3) is 4.70. The molecule has 0 aliphatic carbocycles. The monoisotopic (exact) mass is 268 g/mol. The average Bonchev–Trinajstić information content (AvgIpc) is 2.73. The molecular weight excluding hydrogens is 248 g/mol. The third-order valence-electron chi connectivity index (χ3n) is 2.67. The lowest BCUT2D eigenvalue weighted by Crippen LogP contribution is -2.38. The van der Waals surface area contributed by atoms with Crippen LogP contribution in [0, 0.1) is 12.8 Å². The van der Waals surface area contributed by atoms with Crippen molar-refractivity contribution in [3.63, 3.8) is 0 Å². The Labute approximate surface area is 112 Å². The highest BCUT2D eigenvalue weighted by atomic mass is 16.5. The van der Waals surface area contributed by atoms with Gasteiger partial charge in [0.1, 0.15) is 5.76 Å². The highest BCUT2D eigenvalue weighted by molar-refractivity contribution is 5.93. The van der Waals surface area contributed by atoms with Crippen LogP contribution < -0.4 is 11.1 Å². The predicted octanol–water partition coefficient (Wildman–Crippen LogP) is 0.365. The van der Waals surface area contributed by atoms with Crippen LogP contribution in [-0.2, 0) is 9.59 Å². The zero-order chi connectivity index (χ0) is 14.4. The molecule has 1 heterocycles. The van der Waals surface area contributed by atoms with Crippen molar-refractivity contribution in [2.75, 3.05) is 25.5 Å². The van der Waals surface area contributed by atoms with E-state index in [0.717, 1.165) is 0 Å². The Balaban J connectivity index is 2.45. The molecule has 0 fully saturated rings. The first-order valence-electron chi connectivity index (χ1n) is 6.12. The number of carbonyl (C=O) groups is 2. The molecule has 1 aromatic rings. The van der Waals surface area contributed by atoms with E-state index in [1.54, 1.807) is 27.0 Å². The number of aromatic nitrogens is 1. The Bertz CT molecular complexity index is 444. The first-order chi connectivity index (χ1) is 8.93. The van der Waals surface area contributed by atoms with Crippen LogP contribution in [-0.4, -0.2) is 42.0 Å². The maximum Gasteiger partial charge on any atom is 0.245 e. The van der Waals surface area contributed by atoms with Crippen LogP contribution in [0.25, 0.3) is 0 Å². The summed E-state index contributed by atoms with van der Waals surface area (Å²) in [5, 5.41) is 6.20. The first-order valence-corrected chi connectivity index (χ1v) is 6.12. The minimum Gasteiger partial charge on any atom is -0.360 e. The summed E-state index contributed by atoms with van der Waals surface area (Å²) in [5.41, 5.74) is 5.40. The number of nitrogens with one attached hydrogen (secondary N) is 1. The lowest BCUT2D eigenvalue weighted by molar-refractivity contribution is -0.136. The molecule has 1 aromatic heterocycles. The van der Waals surface area contributed by atoms with Gasteiger partial charge >= 0.3 is 0 Å². The van der Waals surface area contributed by atoms with Gasteiger partial charge in [0, 0.05) is 19.0 Å². The van der Waals surface area contributed by atoms with Gasteiger partial charge in [0.05, 0.1) is 6.54 Å². The Morgan fingerprint density at radius 1 is 1.58 bits per heavy atom. The van der Waals surface area contributed by atoms with Crippen LogP contribution in [0.4, 0.5) is 5.82 Å². The van der Waals surface area contributed by atoms with Gasteiger partial charge in [-0.05, 0) is 19.9 Å². The van der Waals surface area contributed by atoms with Gasteiger partial charge in [-0.15, -0.1) is 0 Å². The number of nitrogens with zero attached hydrogens (tertiary/aromatic N) is 2. The molecule has 0 spiro atoms. The van der Waals surface area contributed by atoms with Gasteiger partial charge in [-0.1, -0.05) is 12.1 Å². The summed E-state index contributed by atoms with van der Waals surface area (Å²) in [7, 11) is 1.59. The molecule has 19 heavy (non-hydrogen) atoms. The Morgan fingerprint density at radius 2 is 2.26 bits per heavy atom. The molecule has 0 radical (unpaired) electrons. The topological polar surface area (TPSA) is 101 Å². The second kappa shape index (κ2) is 6.89. The van der Waals surface area contributed by atoms with E-state index in [2.05, 4.69) is 10.5 Å². The molecule has 0 saturated carbocycles. The zero-order valence-corrected chi connectivity index (χ0v) is 11.5. The molecule has 7 heteroatoms. The van der Waals surface area contributed by atoms with Crippen molar-refractivity contribution in [3.05, 3.63) is 11.8 Å². The highest BCUT2D eigenvalue weighted by Gasteiger charge is 2.19. The molecular formula is C12H20N4O3. The van der Waals surface area contributed by atoms with Gasteiger partial charge in [0.25, 0.3) is 0 Å². The largest absolute Gasteiger partial charge is 0.360 e. The lowest BCUT2D eigenvalue weighted by atomic mass is 10.1. The lowest BCUT2D eigenvalue weighted by Gasteiger charge is -2.20. The number of nitrogens with two attached hydrogens (primary N) is 1. The van der Waals surface area contributed by atoms with Crippen LogP contribution in [0.1, 0.15) is 19.1 Å². The number of carbonyl (C=O) groups excluding carboxylic acids is 2. The average molecular weight is 268 g/mol. The normalized spacial score (nSPS) is 12.0. The van der Waals surface area contributed by atoms with Crippen molar-refractivity contribution in [3.8, 4) is 0 Å². The minimum absolute atomic E-state index is 0.0281. The summed E-state index contributed by atoms with van der Waals surface area (Å²) < 4.78 is 4.83. The molecule has 1 unspecified atom stereocenters. The number of likely N-dealkylation sites (N-methyl/N-ethyl adjacent to an activating group) is 1. The molecule has 106 valence electrons. The number of anilines is 1. The number of hydrogen-bond acceptors (Lipinski definition) is 5. The van der Waals surface area contributed by atoms with E-state index in [1.165, 1.54) is 4.90 Å². The van der Waals surface area contributed by atoms with Gasteiger partial charge in [0.15, 0.2) is 5.82 Å². The fraction of sp³-hybridized carbons (Fsp3) is 0.583. The Kier molecular flexibility index (Phi) is 5.50. The smallest absolute Gasteiger partial charge is 0.245 e. The number of aryl methyl sites for hydroxylation is 1. The van der Waals surface area contributed by atoms with E-state index < -0.39 is 0 Å². The predicted molar refractivity (Wildman–Crippen MR) is 70.3 cm³/mol. The van der Waals surface area contributed by atoms with Gasteiger partial charge in [0.2, 0.25) is 11.8 Å². The molecule has 3 N–H and O–H groups in total.